The largest absolute Gasteiger partial charge is 0.333 e. The van der Waals surface area contributed by atoms with Crippen LogP contribution in [0.5, 0.6) is 0 Å². The van der Waals surface area contributed by atoms with Gasteiger partial charge >= 0.3 is 0 Å². The molecule has 8 heteroatoms. The number of thiophene rings is 1. The summed E-state index contributed by atoms with van der Waals surface area (Å²) in [7, 11) is 0. The van der Waals surface area contributed by atoms with E-state index in [1.165, 1.54) is 11.3 Å². The highest BCUT2D eigenvalue weighted by Gasteiger charge is 2.31. The van der Waals surface area contributed by atoms with Crippen molar-refractivity contribution in [2.45, 2.75) is 51.6 Å². The quantitative estimate of drug-likeness (QED) is 0.858. The fourth-order valence-corrected chi connectivity index (χ4v) is 4.75. The maximum atomic E-state index is 12.7. The van der Waals surface area contributed by atoms with Crippen molar-refractivity contribution in [2.24, 2.45) is 0 Å². The van der Waals surface area contributed by atoms with Gasteiger partial charge in [-0.1, -0.05) is 13.0 Å². The van der Waals surface area contributed by atoms with Gasteiger partial charge in [-0.2, -0.15) is 0 Å². The first kappa shape index (κ1) is 18.9. The number of likely N-dealkylation sites (tertiary alicyclic amines) is 1. The normalized spacial score (nSPS) is 19.4. The molecule has 2 aliphatic rings. The van der Waals surface area contributed by atoms with Gasteiger partial charge in [0.25, 0.3) is 11.5 Å². The van der Waals surface area contributed by atoms with Crippen LogP contribution >= 0.6 is 11.3 Å². The van der Waals surface area contributed by atoms with Gasteiger partial charge in [-0.15, -0.1) is 11.3 Å². The number of rotatable bonds is 3. The molecule has 148 valence electrons. The van der Waals surface area contributed by atoms with E-state index in [0.29, 0.717) is 54.4 Å². The predicted octanol–water partition coefficient (Wildman–Crippen LogP) is 2.49. The lowest BCUT2D eigenvalue weighted by Gasteiger charge is -2.35. The van der Waals surface area contributed by atoms with Gasteiger partial charge in [-0.25, -0.2) is 4.98 Å². The predicted molar refractivity (Wildman–Crippen MR) is 106 cm³/mol. The lowest BCUT2D eigenvalue weighted by molar-refractivity contribution is -0.134. The zero-order valence-corrected chi connectivity index (χ0v) is 16.8. The van der Waals surface area contributed by atoms with Crippen LogP contribution in [0.4, 0.5) is 0 Å². The van der Waals surface area contributed by atoms with Gasteiger partial charge in [0.15, 0.2) is 0 Å². The van der Waals surface area contributed by atoms with E-state index < -0.39 is 0 Å². The lowest BCUT2D eigenvalue weighted by Crippen LogP contribution is -2.42. The molecule has 2 aromatic rings. The van der Waals surface area contributed by atoms with Crippen LogP contribution in [-0.2, 0) is 17.8 Å². The molecule has 1 N–H and O–H groups in total. The van der Waals surface area contributed by atoms with E-state index in [1.807, 2.05) is 29.3 Å². The van der Waals surface area contributed by atoms with E-state index in [1.54, 1.807) is 4.90 Å². The molecule has 4 heterocycles. The topological polar surface area (TPSA) is 86.4 Å². The average molecular weight is 401 g/mol. The van der Waals surface area contributed by atoms with Crippen LogP contribution in [0, 0.1) is 0 Å². The number of amides is 2. The number of carbonyl (C=O) groups is 2. The highest BCUT2D eigenvalue weighted by Crippen LogP contribution is 2.30. The number of fused-ring (bicyclic) bond motifs is 1. The smallest absolute Gasteiger partial charge is 0.264 e. The Morgan fingerprint density at radius 1 is 1.32 bits per heavy atom. The van der Waals surface area contributed by atoms with Gasteiger partial charge in [-0.3, -0.25) is 14.4 Å². The van der Waals surface area contributed by atoms with Crippen molar-refractivity contribution in [1.29, 1.82) is 0 Å². The molecule has 0 spiro atoms. The Labute approximate surface area is 167 Å². The summed E-state index contributed by atoms with van der Waals surface area (Å²) < 4.78 is 0. The van der Waals surface area contributed by atoms with E-state index in [9.17, 15) is 14.4 Å². The van der Waals surface area contributed by atoms with E-state index in [-0.39, 0.29) is 23.4 Å². The number of aromatic nitrogens is 2. The van der Waals surface area contributed by atoms with Crippen molar-refractivity contribution in [3.05, 3.63) is 49.8 Å². The number of piperidine rings is 1. The Bertz CT molecular complexity index is 937. The lowest BCUT2D eigenvalue weighted by atomic mass is 10.00. The van der Waals surface area contributed by atoms with Crippen molar-refractivity contribution >= 4 is 23.2 Å². The third-order valence-corrected chi connectivity index (χ3v) is 6.41. The average Bonchev–Trinajstić information content (AvgIpc) is 3.27. The standard InChI is InChI=1S/C20H24N4O3S/c1-2-17(25)24-9-4-3-6-15(24)18-21-14-12-23(10-8-13(14)19(26)22-18)20(27)16-7-5-11-28-16/h5,7,11,15H,2-4,6,8-10,12H2,1H3,(H,21,22,26). The SMILES string of the molecule is CCC(=O)N1CCCCC1c1nc2c(c(=O)[nH]1)CCN(C(=O)c1cccs1)C2. The van der Waals surface area contributed by atoms with E-state index in [0.717, 1.165) is 19.3 Å². The maximum Gasteiger partial charge on any atom is 0.264 e. The van der Waals surface area contributed by atoms with Crippen molar-refractivity contribution in [3.63, 3.8) is 0 Å². The summed E-state index contributed by atoms with van der Waals surface area (Å²) in [4.78, 5) is 49.7. The van der Waals surface area contributed by atoms with Gasteiger partial charge < -0.3 is 14.8 Å². The first-order valence-corrected chi connectivity index (χ1v) is 10.7. The molecule has 28 heavy (non-hydrogen) atoms. The highest BCUT2D eigenvalue weighted by molar-refractivity contribution is 7.12. The molecule has 2 aliphatic heterocycles. The van der Waals surface area contributed by atoms with Gasteiger partial charge in [0.2, 0.25) is 5.91 Å². The molecule has 0 aromatic carbocycles. The maximum absolute atomic E-state index is 12.7. The van der Waals surface area contributed by atoms with Gasteiger partial charge in [-0.05, 0) is 37.1 Å². The third kappa shape index (κ3) is 3.48. The van der Waals surface area contributed by atoms with Crippen molar-refractivity contribution in [3.8, 4) is 0 Å². The van der Waals surface area contributed by atoms with Crippen molar-refractivity contribution in [1.82, 2.24) is 19.8 Å². The van der Waals surface area contributed by atoms with Crippen LogP contribution in [0.25, 0.3) is 0 Å². The van der Waals surface area contributed by atoms with Crippen LogP contribution in [0.1, 0.15) is 65.4 Å². The van der Waals surface area contributed by atoms with Crippen molar-refractivity contribution < 1.29 is 9.59 Å². The number of aromatic amines is 1. The molecule has 0 aliphatic carbocycles. The summed E-state index contributed by atoms with van der Waals surface area (Å²) in [5, 5.41) is 1.88. The van der Waals surface area contributed by atoms with Gasteiger partial charge in [0, 0.05) is 25.1 Å². The Hall–Kier alpha value is -2.48. The molecule has 2 amide bonds. The molecule has 4 rings (SSSR count). The molecule has 0 radical (unpaired) electrons. The van der Waals surface area contributed by atoms with Crippen LogP contribution in [-0.4, -0.2) is 44.7 Å². The number of hydrogen-bond donors (Lipinski definition) is 1. The first-order chi connectivity index (χ1) is 13.6. The molecule has 0 bridgehead atoms. The minimum absolute atomic E-state index is 0.0234. The van der Waals surface area contributed by atoms with E-state index >= 15 is 0 Å². The molecule has 1 atom stereocenters. The molecule has 1 saturated heterocycles. The molecule has 2 aromatic heterocycles. The zero-order chi connectivity index (χ0) is 19.7. The molecular formula is C20H24N4O3S. The summed E-state index contributed by atoms with van der Waals surface area (Å²) in [5.74, 6) is 0.611. The summed E-state index contributed by atoms with van der Waals surface area (Å²) in [6.45, 7) is 3.39. The van der Waals surface area contributed by atoms with E-state index in [4.69, 9.17) is 4.98 Å². The Balaban J connectivity index is 1.63. The Morgan fingerprint density at radius 3 is 2.93 bits per heavy atom. The number of nitrogens with zero attached hydrogens (tertiary/aromatic N) is 3. The molecule has 1 unspecified atom stereocenters. The highest BCUT2D eigenvalue weighted by atomic mass is 32.1. The van der Waals surface area contributed by atoms with Gasteiger partial charge in [0.1, 0.15) is 5.82 Å². The summed E-state index contributed by atoms with van der Waals surface area (Å²) in [5.41, 5.74) is 1.17. The monoisotopic (exact) mass is 400 g/mol. The molecular weight excluding hydrogens is 376 g/mol. The molecule has 0 saturated carbocycles. The third-order valence-electron chi connectivity index (χ3n) is 5.55. The summed E-state index contributed by atoms with van der Waals surface area (Å²) in [6.07, 6.45) is 3.71. The zero-order valence-electron chi connectivity index (χ0n) is 15.9. The second kappa shape index (κ2) is 7.87. The minimum Gasteiger partial charge on any atom is -0.333 e. The summed E-state index contributed by atoms with van der Waals surface area (Å²) >= 11 is 1.42. The minimum atomic E-state index is -0.192. The number of carbonyl (C=O) groups excluding carboxylic acids is 2. The first-order valence-electron chi connectivity index (χ1n) is 9.82. The number of hydrogen-bond acceptors (Lipinski definition) is 5. The van der Waals surface area contributed by atoms with Crippen LogP contribution in [0.15, 0.2) is 22.3 Å². The van der Waals surface area contributed by atoms with Gasteiger partial charge in [0.05, 0.1) is 23.2 Å². The van der Waals surface area contributed by atoms with Crippen LogP contribution in [0.2, 0.25) is 0 Å². The Morgan fingerprint density at radius 2 is 2.18 bits per heavy atom. The molecule has 7 nitrogen and oxygen atoms in total. The summed E-state index contributed by atoms with van der Waals surface area (Å²) in [6, 6.07) is 3.48. The van der Waals surface area contributed by atoms with E-state index in [2.05, 4.69) is 4.98 Å². The van der Waals surface area contributed by atoms with Crippen molar-refractivity contribution in [2.75, 3.05) is 13.1 Å². The number of nitrogens with one attached hydrogen (secondary N) is 1. The molecule has 1 fully saturated rings. The second-order valence-corrected chi connectivity index (χ2v) is 8.23. The fraction of sp³-hybridized carbons (Fsp3) is 0.500. The van der Waals surface area contributed by atoms with Crippen LogP contribution in [0.3, 0.4) is 0 Å². The second-order valence-electron chi connectivity index (χ2n) is 7.28. The van der Waals surface area contributed by atoms with Crippen LogP contribution < -0.4 is 5.56 Å². The Kier molecular flexibility index (Phi) is 5.30. The number of H-pyrrole nitrogens is 1. The fourth-order valence-electron chi connectivity index (χ4n) is 4.06.